The molecule has 0 saturated heterocycles. The van der Waals surface area contributed by atoms with E-state index in [1.54, 1.807) is 13.8 Å². The first-order valence-electron chi connectivity index (χ1n) is 20.7. The Labute approximate surface area is 328 Å². The van der Waals surface area contributed by atoms with Crippen molar-refractivity contribution in [1.82, 2.24) is 5.32 Å². The summed E-state index contributed by atoms with van der Waals surface area (Å²) < 4.78 is 13.3. The van der Waals surface area contributed by atoms with Gasteiger partial charge in [-0.1, -0.05) is 72.2 Å². The van der Waals surface area contributed by atoms with Gasteiger partial charge in [-0.25, -0.2) is 0 Å². The molecule has 0 amide bonds. The van der Waals surface area contributed by atoms with E-state index in [1.165, 1.54) is 11.1 Å². The third-order valence-electron chi connectivity index (χ3n) is 16.6. The van der Waals surface area contributed by atoms with Crippen LogP contribution in [-0.4, -0.2) is 41.6 Å². The highest BCUT2D eigenvalue weighted by Gasteiger charge is 2.73. The molecule has 7 nitrogen and oxygen atoms in total. The van der Waals surface area contributed by atoms with Crippen molar-refractivity contribution in [2.24, 2.45) is 56.2 Å². The molecule has 9 atom stereocenters. The lowest BCUT2D eigenvalue weighted by Crippen LogP contribution is -2.67. The summed E-state index contributed by atoms with van der Waals surface area (Å²) in [6, 6.07) is 7.98. The molecular weight excluding hydrogens is 698 g/mol. The molecular formula is C46H64ClNO6. The maximum atomic E-state index is 14.3. The Bertz CT molecular complexity index is 1810. The number of ketones is 1. The molecule has 0 radical (unpaired) electrons. The quantitative estimate of drug-likeness (QED) is 0.242. The molecule has 6 aliphatic rings. The van der Waals surface area contributed by atoms with Crippen molar-refractivity contribution in [3.8, 4) is 0 Å². The third-order valence-corrected chi connectivity index (χ3v) is 16.8. The highest BCUT2D eigenvalue weighted by atomic mass is 35.5. The molecule has 7 rings (SSSR count). The summed E-state index contributed by atoms with van der Waals surface area (Å²) in [5.41, 5.74) is 3.18. The van der Waals surface area contributed by atoms with Crippen LogP contribution in [0.3, 0.4) is 0 Å². The third kappa shape index (κ3) is 5.70. The molecule has 1 spiro atoms. The predicted octanol–water partition coefficient (Wildman–Crippen LogP) is 10.1. The highest BCUT2D eigenvalue weighted by Crippen LogP contribution is 2.79. The number of carbonyl (C=O) groups excluding carboxylic acids is 2. The number of carboxylic acids is 1. The van der Waals surface area contributed by atoms with E-state index in [1.807, 2.05) is 18.2 Å². The van der Waals surface area contributed by atoms with Gasteiger partial charge in [-0.2, -0.15) is 0 Å². The number of fused-ring (bicyclic) bond motifs is 8. The van der Waals surface area contributed by atoms with Gasteiger partial charge < -0.3 is 19.9 Å². The maximum Gasteiger partial charge on any atom is 0.309 e. The standard InChI is InChI=1S/C46H64ClNO6/c1-26(2)38-32(49)22-46-21-31(27(3)53-36(46)25-48-24-28-12-11-13-29(47)20-28)45(10)30(39(38)46)14-15-34-43(8)18-17-35(54-37(50)23-41(4,5)40(51)52)42(6,7)33(43)16-19-44(34,45)9/h11-13,20,26,30,33-36,48H,14-19,21-25H2,1-10H3,(H,51,52)/t30-,33+,34-,35+,36-,43+,44-,45+,46+/m1/s1. The van der Waals surface area contributed by atoms with Crippen LogP contribution in [0, 0.1) is 56.2 Å². The second-order valence-corrected chi connectivity index (χ2v) is 20.9. The normalized spacial score (nSPS) is 38.3. The number of rotatable bonds is 9. The van der Waals surface area contributed by atoms with Gasteiger partial charge in [0.2, 0.25) is 0 Å². The summed E-state index contributed by atoms with van der Waals surface area (Å²) in [5.74, 6) is 1.22. The van der Waals surface area contributed by atoms with Gasteiger partial charge in [-0.15, -0.1) is 0 Å². The number of esters is 1. The maximum absolute atomic E-state index is 14.3. The van der Waals surface area contributed by atoms with Crippen LogP contribution in [0.1, 0.15) is 133 Å². The average Bonchev–Trinajstić information content (AvgIpc) is 3.37. The van der Waals surface area contributed by atoms with Gasteiger partial charge in [0.25, 0.3) is 0 Å². The monoisotopic (exact) mass is 761 g/mol. The molecule has 5 aliphatic carbocycles. The van der Waals surface area contributed by atoms with Crippen molar-refractivity contribution in [3.63, 3.8) is 0 Å². The van der Waals surface area contributed by atoms with Crippen molar-refractivity contribution in [3.05, 3.63) is 57.3 Å². The Morgan fingerprint density at radius 1 is 1.04 bits per heavy atom. The first-order valence-corrected chi connectivity index (χ1v) is 21.0. The lowest BCUT2D eigenvalue weighted by Gasteiger charge is -2.73. The van der Waals surface area contributed by atoms with Crippen LogP contribution in [0.15, 0.2) is 46.7 Å². The fraction of sp³-hybridized carbons (Fsp3) is 0.717. The van der Waals surface area contributed by atoms with Crippen molar-refractivity contribution in [2.75, 3.05) is 6.54 Å². The summed E-state index contributed by atoms with van der Waals surface area (Å²) in [6.07, 6.45) is 6.92. The Balaban J connectivity index is 1.22. The summed E-state index contributed by atoms with van der Waals surface area (Å²) in [7, 11) is 0. The van der Waals surface area contributed by atoms with Crippen LogP contribution in [0.4, 0.5) is 0 Å². The van der Waals surface area contributed by atoms with E-state index in [0.717, 1.165) is 66.9 Å². The van der Waals surface area contributed by atoms with Crippen molar-refractivity contribution < 1.29 is 29.0 Å². The molecule has 1 heterocycles. The minimum Gasteiger partial charge on any atom is -0.493 e. The Morgan fingerprint density at radius 3 is 2.43 bits per heavy atom. The first kappa shape index (κ1) is 39.6. The first-order chi connectivity index (χ1) is 25.1. The molecule has 8 heteroatoms. The van der Waals surface area contributed by atoms with E-state index in [9.17, 15) is 19.5 Å². The Hall–Kier alpha value is -2.64. The number of aliphatic carboxylic acids is 1. The number of allylic oxidation sites excluding steroid dienone is 3. The number of hydrogen-bond acceptors (Lipinski definition) is 6. The fourth-order valence-corrected chi connectivity index (χ4v) is 14.1. The molecule has 2 bridgehead atoms. The van der Waals surface area contributed by atoms with Crippen LogP contribution in [0.25, 0.3) is 0 Å². The summed E-state index contributed by atoms with van der Waals surface area (Å²) in [4.78, 5) is 39.2. The van der Waals surface area contributed by atoms with Crippen LogP contribution in [0.2, 0.25) is 5.02 Å². The number of carbonyl (C=O) groups is 3. The van der Waals surface area contributed by atoms with Crippen LogP contribution in [0.5, 0.6) is 0 Å². The molecule has 54 heavy (non-hydrogen) atoms. The van der Waals surface area contributed by atoms with E-state index in [4.69, 9.17) is 21.1 Å². The number of nitrogens with one attached hydrogen (secondary N) is 1. The van der Waals surface area contributed by atoms with E-state index in [2.05, 4.69) is 66.8 Å². The molecule has 1 aromatic rings. The van der Waals surface area contributed by atoms with Gasteiger partial charge in [0.15, 0.2) is 5.78 Å². The van der Waals surface area contributed by atoms with Crippen molar-refractivity contribution >= 4 is 29.3 Å². The van der Waals surface area contributed by atoms with Crippen molar-refractivity contribution in [2.45, 2.75) is 146 Å². The number of benzene rings is 1. The Kier molecular flexibility index (Phi) is 9.69. The summed E-state index contributed by atoms with van der Waals surface area (Å²) >= 11 is 6.31. The predicted molar refractivity (Wildman–Crippen MR) is 211 cm³/mol. The number of Topliss-reactive ketones (excluding diaryl/α,β-unsaturated/α-hetero) is 1. The SMILES string of the molecule is CC1=C2C[C@]3(CC(=O)C(C(C)C)=C3[C@H]3CC[C@@H]4[C@@]5(C)CC[C@H](OC(=O)CC(C)(C)C(=O)O)C(C)(C)[C@@H]5CC[C@@]4(C)[C@]23C)[C@@H](CNCc2cccc(Cl)c2)O1. The van der Waals surface area contributed by atoms with Gasteiger partial charge in [0.05, 0.1) is 17.6 Å². The zero-order valence-electron chi connectivity index (χ0n) is 34.4. The number of carboxylic acid groups (broad SMARTS) is 1. The molecule has 1 aliphatic heterocycles. The largest absolute Gasteiger partial charge is 0.493 e. The van der Waals surface area contributed by atoms with Gasteiger partial charge in [0, 0.05) is 40.8 Å². The number of halogens is 1. The van der Waals surface area contributed by atoms with Crippen LogP contribution >= 0.6 is 11.6 Å². The fourth-order valence-electron chi connectivity index (χ4n) is 13.9. The van der Waals surface area contributed by atoms with E-state index < -0.39 is 17.4 Å². The smallest absolute Gasteiger partial charge is 0.309 e. The second kappa shape index (κ2) is 13.2. The van der Waals surface area contributed by atoms with Gasteiger partial charge in [0.1, 0.15) is 12.2 Å². The number of ether oxygens (including phenoxy) is 2. The topological polar surface area (TPSA) is 102 Å². The lowest BCUT2D eigenvalue weighted by atomic mass is 9.32. The zero-order chi connectivity index (χ0) is 39.4. The van der Waals surface area contributed by atoms with E-state index in [0.29, 0.717) is 37.1 Å². The second-order valence-electron chi connectivity index (χ2n) is 20.4. The zero-order valence-corrected chi connectivity index (χ0v) is 35.2. The molecule has 296 valence electrons. The number of hydrogen-bond donors (Lipinski definition) is 2. The molecule has 1 aromatic carbocycles. The van der Waals surface area contributed by atoms with Gasteiger partial charge in [-0.05, 0) is 135 Å². The minimum absolute atomic E-state index is 0.0171. The molecule has 0 unspecified atom stereocenters. The van der Waals surface area contributed by atoms with Crippen LogP contribution < -0.4 is 5.32 Å². The van der Waals surface area contributed by atoms with Gasteiger partial charge >= 0.3 is 11.9 Å². The highest BCUT2D eigenvalue weighted by molar-refractivity contribution is 6.30. The molecule has 4 fully saturated rings. The van der Waals surface area contributed by atoms with Crippen LogP contribution in [-0.2, 0) is 30.4 Å². The Morgan fingerprint density at radius 2 is 1.76 bits per heavy atom. The molecule has 4 saturated carbocycles. The van der Waals surface area contributed by atoms with E-state index >= 15 is 0 Å². The minimum atomic E-state index is -1.17. The van der Waals surface area contributed by atoms with E-state index in [-0.39, 0.29) is 57.5 Å². The van der Waals surface area contributed by atoms with Crippen molar-refractivity contribution in [1.29, 1.82) is 0 Å². The van der Waals surface area contributed by atoms with Gasteiger partial charge in [-0.3, -0.25) is 14.4 Å². The summed E-state index contributed by atoms with van der Waals surface area (Å²) in [5, 5.41) is 14.1. The molecule has 0 aromatic heterocycles. The average molecular weight is 762 g/mol. The summed E-state index contributed by atoms with van der Waals surface area (Å²) in [6.45, 7) is 23.4. The lowest BCUT2D eigenvalue weighted by molar-refractivity contribution is -0.227. The molecule has 2 N–H and O–H groups in total.